The van der Waals surface area contributed by atoms with E-state index in [1.807, 2.05) is 0 Å². The summed E-state index contributed by atoms with van der Waals surface area (Å²) in [5.74, 6) is 2.31. The Bertz CT molecular complexity index is 346. The van der Waals surface area contributed by atoms with Gasteiger partial charge in [-0.05, 0) is 12.1 Å². The lowest BCUT2D eigenvalue weighted by molar-refractivity contribution is 0.0827. The van der Waals surface area contributed by atoms with Gasteiger partial charge in [0, 0.05) is 20.3 Å². The zero-order valence-corrected chi connectivity index (χ0v) is 7.61. The molecule has 3 nitrogen and oxygen atoms in total. The Morgan fingerprint density at radius 2 is 2.23 bits per heavy atom. The van der Waals surface area contributed by atoms with Crippen LogP contribution in [0.4, 0.5) is 0 Å². The van der Waals surface area contributed by atoms with Gasteiger partial charge in [-0.25, -0.2) is 4.98 Å². The highest BCUT2D eigenvalue weighted by atomic mass is 16.2. The zero-order valence-electron chi connectivity index (χ0n) is 7.61. The first-order chi connectivity index (χ1) is 6.15. The maximum atomic E-state index is 11.4. The van der Waals surface area contributed by atoms with Gasteiger partial charge in [0.15, 0.2) is 0 Å². The molecule has 1 rings (SSSR count). The lowest BCUT2D eigenvalue weighted by Gasteiger charge is -2.09. The predicted octanol–water partition coefficient (Wildman–Crippen LogP) is 0.765. The van der Waals surface area contributed by atoms with Crippen molar-refractivity contribution in [1.82, 2.24) is 9.88 Å². The molecule has 0 atom stereocenters. The Hall–Kier alpha value is -1.82. The van der Waals surface area contributed by atoms with Gasteiger partial charge in [-0.1, -0.05) is 5.92 Å². The molecule has 1 aromatic rings. The number of amides is 1. The van der Waals surface area contributed by atoms with Crippen LogP contribution in [0.25, 0.3) is 0 Å². The summed E-state index contributed by atoms with van der Waals surface area (Å²) < 4.78 is 0. The number of pyridine rings is 1. The second-order valence-corrected chi connectivity index (χ2v) is 2.78. The Kier molecular flexibility index (Phi) is 2.65. The van der Waals surface area contributed by atoms with Gasteiger partial charge >= 0.3 is 0 Å². The summed E-state index contributed by atoms with van der Waals surface area (Å²) in [5, 5.41) is 0. The Morgan fingerprint density at radius 1 is 1.54 bits per heavy atom. The molecule has 0 aliphatic heterocycles. The Balaban J connectivity index is 2.94. The smallest absolute Gasteiger partial charge is 0.254 e. The van der Waals surface area contributed by atoms with Crippen LogP contribution in [-0.4, -0.2) is 29.9 Å². The second-order valence-electron chi connectivity index (χ2n) is 2.78. The first-order valence-electron chi connectivity index (χ1n) is 3.79. The Morgan fingerprint density at radius 3 is 2.62 bits per heavy atom. The molecule has 0 bridgehead atoms. The molecule has 0 aliphatic rings. The van der Waals surface area contributed by atoms with Crippen molar-refractivity contribution in [3.05, 3.63) is 29.6 Å². The lowest BCUT2D eigenvalue weighted by Crippen LogP contribution is -2.21. The molecule has 0 saturated heterocycles. The van der Waals surface area contributed by atoms with E-state index in [1.54, 1.807) is 26.2 Å². The van der Waals surface area contributed by atoms with E-state index in [-0.39, 0.29) is 5.91 Å². The van der Waals surface area contributed by atoms with Crippen molar-refractivity contribution in [2.45, 2.75) is 0 Å². The molecule has 0 N–H and O–H groups in total. The summed E-state index contributed by atoms with van der Waals surface area (Å²) in [6.45, 7) is 0. The fraction of sp³-hybridized carbons (Fsp3) is 0.200. The molecule has 66 valence electrons. The highest BCUT2D eigenvalue weighted by Gasteiger charge is 2.06. The minimum Gasteiger partial charge on any atom is -0.345 e. The minimum absolute atomic E-state index is 0.0731. The van der Waals surface area contributed by atoms with Gasteiger partial charge in [-0.3, -0.25) is 4.79 Å². The summed E-state index contributed by atoms with van der Waals surface area (Å²) in [4.78, 5) is 16.8. The summed E-state index contributed by atoms with van der Waals surface area (Å²) in [5.41, 5.74) is 1.08. The van der Waals surface area contributed by atoms with Crippen molar-refractivity contribution in [2.75, 3.05) is 14.1 Å². The third-order valence-corrected chi connectivity index (χ3v) is 1.56. The molecule has 0 unspecified atom stereocenters. The third kappa shape index (κ3) is 2.06. The van der Waals surface area contributed by atoms with Crippen LogP contribution in [0.3, 0.4) is 0 Å². The molecule has 0 saturated carbocycles. The molecule has 0 aromatic carbocycles. The van der Waals surface area contributed by atoms with Crippen LogP contribution >= 0.6 is 0 Å². The van der Waals surface area contributed by atoms with Crippen LogP contribution in [0, 0.1) is 12.3 Å². The van der Waals surface area contributed by atoms with Crippen LogP contribution in [0.2, 0.25) is 0 Å². The monoisotopic (exact) mass is 174 g/mol. The molecule has 1 amide bonds. The fourth-order valence-corrected chi connectivity index (χ4v) is 0.864. The summed E-state index contributed by atoms with van der Waals surface area (Å²) in [7, 11) is 3.38. The molecule has 0 radical (unpaired) electrons. The number of aromatic nitrogens is 1. The molecule has 0 aliphatic carbocycles. The molecule has 1 heterocycles. The molecule has 0 spiro atoms. The van der Waals surface area contributed by atoms with E-state index in [0.29, 0.717) is 11.3 Å². The number of carbonyl (C=O) groups excluding carboxylic acids is 1. The fourth-order valence-electron chi connectivity index (χ4n) is 0.864. The largest absolute Gasteiger partial charge is 0.345 e. The average molecular weight is 174 g/mol. The highest BCUT2D eigenvalue weighted by molar-refractivity contribution is 5.93. The van der Waals surface area contributed by atoms with Gasteiger partial charge in [-0.15, -0.1) is 6.42 Å². The topological polar surface area (TPSA) is 33.2 Å². The maximum absolute atomic E-state index is 11.4. The third-order valence-electron chi connectivity index (χ3n) is 1.56. The van der Waals surface area contributed by atoms with Crippen molar-refractivity contribution in [2.24, 2.45) is 0 Å². The van der Waals surface area contributed by atoms with E-state index in [4.69, 9.17) is 6.42 Å². The predicted molar refractivity (Wildman–Crippen MR) is 50.2 cm³/mol. The van der Waals surface area contributed by atoms with E-state index in [2.05, 4.69) is 10.9 Å². The van der Waals surface area contributed by atoms with Crippen molar-refractivity contribution < 1.29 is 4.79 Å². The van der Waals surface area contributed by atoms with Gasteiger partial charge in [0.05, 0.1) is 5.56 Å². The average Bonchev–Trinajstić information content (AvgIpc) is 2.17. The molecular weight excluding hydrogens is 164 g/mol. The minimum atomic E-state index is -0.0731. The van der Waals surface area contributed by atoms with Gasteiger partial charge < -0.3 is 4.90 Å². The first-order valence-corrected chi connectivity index (χ1v) is 3.79. The number of nitrogens with zero attached hydrogens (tertiary/aromatic N) is 2. The molecule has 13 heavy (non-hydrogen) atoms. The summed E-state index contributed by atoms with van der Waals surface area (Å²) >= 11 is 0. The van der Waals surface area contributed by atoms with Gasteiger partial charge in [0.2, 0.25) is 0 Å². The van der Waals surface area contributed by atoms with Gasteiger partial charge in [0.25, 0.3) is 5.91 Å². The maximum Gasteiger partial charge on any atom is 0.254 e. The van der Waals surface area contributed by atoms with Crippen LogP contribution < -0.4 is 0 Å². The van der Waals surface area contributed by atoms with Crippen molar-refractivity contribution in [3.63, 3.8) is 0 Å². The van der Waals surface area contributed by atoms with E-state index in [0.717, 1.165) is 0 Å². The normalized spacial score (nSPS) is 9.00. The number of terminal acetylenes is 1. The van der Waals surface area contributed by atoms with Crippen LogP contribution in [0.5, 0.6) is 0 Å². The Labute approximate surface area is 77.4 Å². The molecule has 3 heteroatoms. The van der Waals surface area contributed by atoms with Crippen LogP contribution in [0.15, 0.2) is 18.3 Å². The zero-order chi connectivity index (χ0) is 9.84. The van der Waals surface area contributed by atoms with Crippen LogP contribution in [-0.2, 0) is 0 Å². The number of hydrogen-bond donors (Lipinski definition) is 0. The summed E-state index contributed by atoms with van der Waals surface area (Å²) in [6, 6.07) is 3.32. The number of hydrogen-bond acceptors (Lipinski definition) is 2. The van der Waals surface area contributed by atoms with E-state index >= 15 is 0 Å². The van der Waals surface area contributed by atoms with Crippen molar-refractivity contribution >= 4 is 5.91 Å². The van der Waals surface area contributed by atoms with Crippen molar-refractivity contribution in [1.29, 1.82) is 0 Å². The quantitative estimate of drug-likeness (QED) is 0.589. The standard InChI is InChI=1S/C10H10N2O/c1-4-9-6-5-8(7-11-9)10(13)12(2)3/h1,5-7H,2-3H3. The summed E-state index contributed by atoms with van der Waals surface area (Å²) in [6.07, 6.45) is 6.61. The number of rotatable bonds is 1. The lowest BCUT2D eigenvalue weighted by atomic mass is 10.2. The van der Waals surface area contributed by atoms with Crippen molar-refractivity contribution in [3.8, 4) is 12.3 Å². The van der Waals surface area contributed by atoms with E-state index in [9.17, 15) is 4.79 Å². The van der Waals surface area contributed by atoms with Gasteiger partial charge in [0.1, 0.15) is 5.69 Å². The van der Waals surface area contributed by atoms with E-state index < -0.39 is 0 Å². The van der Waals surface area contributed by atoms with Gasteiger partial charge in [-0.2, -0.15) is 0 Å². The first kappa shape index (κ1) is 9.27. The molecular formula is C10H10N2O. The molecule has 0 fully saturated rings. The second kappa shape index (κ2) is 3.72. The highest BCUT2D eigenvalue weighted by Crippen LogP contribution is 2.01. The number of carbonyl (C=O) groups is 1. The molecule has 1 aromatic heterocycles. The van der Waals surface area contributed by atoms with E-state index in [1.165, 1.54) is 11.1 Å². The SMILES string of the molecule is C#Cc1ccc(C(=O)N(C)C)cn1. The van der Waals surface area contributed by atoms with Crippen LogP contribution in [0.1, 0.15) is 16.1 Å².